The highest BCUT2D eigenvalue weighted by Gasteiger charge is 2.15. The van der Waals surface area contributed by atoms with Gasteiger partial charge in [0.15, 0.2) is 6.10 Å². The molecule has 3 aromatic rings. The number of carbonyl (C=O) groups is 2. The summed E-state index contributed by atoms with van der Waals surface area (Å²) in [6, 6.07) is 23.2. The van der Waals surface area contributed by atoms with Gasteiger partial charge in [0, 0.05) is 17.1 Å². The monoisotopic (exact) mass is 389 g/mol. The molecule has 1 atom stereocenters. The quantitative estimate of drug-likeness (QED) is 0.552. The van der Waals surface area contributed by atoms with Gasteiger partial charge in [-0.05, 0) is 67.9 Å². The van der Waals surface area contributed by atoms with Crippen LogP contribution >= 0.6 is 0 Å². The molecular formula is C23H23N3O3. The molecule has 0 saturated heterocycles. The van der Waals surface area contributed by atoms with Crippen molar-refractivity contribution in [2.24, 2.45) is 0 Å². The Morgan fingerprint density at radius 1 is 0.759 bits per heavy atom. The maximum Gasteiger partial charge on any atom is 0.323 e. The summed E-state index contributed by atoms with van der Waals surface area (Å²) in [6.45, 7) is 3.66. The second-order valence-electron chi connectivity index (χ2n) is 6.59. The first-order valence-electron chi connectivity index (χ1n) is 9.27. The maximum absolute atomic E-state index is 12.4. The highest BCUT2D eigenvalue weighted by atomic mass is 16.5. The SMILES string of the molecule is Cc1cccc(OC(C)C(=O)Nc2ccc(NC(=O)Nc3ccccc3)cc2)c1. The number of nitrogens with one attached hydrogen (secondary N) is 3. The second kappa shape index (κ2) is 9.41. The fourth-order valence-corrected chi connectivity index (χ4v) is 2.64. The predicted molar refractivity (Wildman–Crippen MR) is 115 cm³/mol. The van der Waals surface area contributed by atoms with Crippen LogP contribution in [-0.2, 0) is 4.79 Å². The summed E-state index contributed by atoms with van der Waals surface area (Å²) in [5.41, 5.74) is 3.00. The smallest absolute Gasteiger partial charge is 0.323 e. The third-order valence-electron chi connectivity index (χ3n) is 4.11. The summed E-state index contributed by atoms with van der Waals surface area (Å²) in [6.07, 6.45) is -0.647. The topological polar surface area (TPSA) is 79.5 Å². The molecule has 0 heterocycles. The molecule has 0 aliphatic heterocycles. The lowest BCUT2D eigenvalue weighted by Gasteiger charge is -2.15. The Morgan fingerprint density at radius 3 is 1.97 bits per heavy atom. The first-order valence-corrected chi connectivity index (χ1v) is 9.27. The molecule has 0 bridgehead atoms. The van der Waals surface area contributed by atoms with Crippen LogP contribution in [0.3, 0.4) is 0 Å². The summed E-state index contributed by atoms with van der Waals surface area (Å²) in [4.78, 5) is 24.4. The summed E-state index contributed by atoms with van der Waals surface area (Å²) in [5.74, 6) is 0.394. The lowest BCUT2D eigenvalue weighted by atomic mass is 10.2. The van der Waals surface area contributed by atoms with Crippen LogP contribution < -0.4 is 20.7 Å². The lowest BCUT2D eigenvalue weighted by molar-refractivity contribution is -0.122. The van der Waals surface area contributed by atoms with Gasteiger partial charge in [-0.25, -0.2) is 4.79 Å². The number of carbonyl (C=O) groups excluding carboxylic acids is 2. The highest BCUT2D eigenvalue weighted by Crippen LogP contribution is 2.17. The molecule has 148 valence electrons. The lowest BCUT2D eigenvalue weighted by Crippen LogP contribution is -2.30. The highest BCUT2D eigenvalue weighted by molar-refractivity contribution is 6.00. The summed E-state index contributed by atoms with van der Waals surface area (Å²) in [5, 5.41) is 8.29. The van der Waals surface area contributed by atoms with Gasteiger partial charge in [-0.1, -0.05) is 30.3 Å². The Balaban J connectivity index is 1.51. The second-order valence-corrected chi connectivity index (χ2v) is 6.59. The molecule has 0 fully saturated rings. The van der Waals surface area contributed by atoms with Crippen molar-refractivity contribution in [2.45, 2.75) is 20.0 Å². The van der Waals surface area contributed by atoms with E-state index in [2.05, 4.69) is 16.0 Å². The zero-order chi connectivity index (χ0) is 20.6. The summed E-state index contributed by atoms with van der Waals surface area (Å²) in [7, 11) is 0. The summed E-state index contributed by atoms with van der Waals surface area (Å²) < 4.78 is 5.68. The molecule has 1 unspecified atom stereocenters. The van der Waals surface area contributed by atoms with Gasteiger partial charge >= 0.3 is 6.03 Å². The molecule has 3 amide bonds. The van der Waals surface area contributed by atoms with Gasteiger partial charge in [0.2, 0.25) is 0 Å². The Labute approximate surface area is 169 Å². The van der Waals surface area contributed by atoms with Crippen molar-refractivity contribution in [1.82, 2.24) is 0 Å². The normalized spacial score (nSPS) is 11.2. The Hall–Kier alpha value is -3.80. The third-order valence-corrected chi connectivity index (χ3v) is 4.11. The Kier molecular flexibility index (Phi) is 6.47. The molecule has 0 aliphatic carbocycles. The minimum Gasteiger partial charge on any atom is -0.481 e. The molecule has 0 spiro atoms. The number of ether oxygens (including phenoxy) is 1. The van der Waals surface area contributed by atoms with E-state index >= 15 is 0 Å². The van der Waals surface area contributed by atoms with Crippen molar-refractivity contribution < 1.29 is 14.3 Å². The first kappa shape index (κ1) is 19.9. The van der Waals surface area contributed by atoms with E-state index < -0.39 is 6.10 Å². The standard InChI is InChI=1S/C23H23N3O3/c1-16-7-6-10-21(15-16)29-17(2)22(27)24-19-11-13-20(14-12-19)26-23(28)25-18-8-4-3-5-9-18/h3-15,17H,1-2H3,(H,24,27)(H2,25,26,28). The fourth-order valence-electron chi connectivity index (χ4n) is 2.64. The molecule has 0 aromatic heterocycles. The van der Waals surface area contributed by atoms with Gasteiger partial charge in [-0.2, -0.15) is 0 Å². The average Bonchev–Trinajstić information content (AvgIpc) is 2.70. The maximum atomic E-state index is 12.4. The third kappa shape index (κ3) is 6.10. The van der Waals surface area contributed by atoms with Crippen molar-refractivity contribution in [2.75, 3.05) is 16.0 Å². The molecule has 6 nitrogen and oxygen atoms in total. The van der Waals surface area contributed by atoms with Crippen LogP contribution in [-0.4, -0.2) is 18.0 Å². The van der Waals surface area contributed by atoms with Crippen LogP contribution in [0.5, 0.6) is 5.75 Å². The molecule has 3 rings (SSSR count). The van der Waals surface area contributed by atoms with Gasteiger partial charge in [-0.15, -0.1) is 0 Å². The molecule has 0 aliphatic rings. The molecule has 0 radical (unpaired) electrons. The number of urea groups is 1. The Bertz CT molecular complexity index is 972. The van der Waals surface area contributed by atoms with Gasteiger partial charge in [0.05, 0.1) is 0 Å². The first-order chi connectivity index (χ1) is 14.0. The number of anilines is 3. The van der Waals surface area contributed by atoms with Crippen molar-refractivity contribution in [3.8, 4) is 5.75 Å². The minimum absolute atomic E-state index is 0.256. The van der Waals surface area contributed by atoms with Crippen LogP contribution in [0.2, 0.25) is 0 Å². The molecule has 0 saturated carbocycles. The van der Waals surface area contributed by atoms with Crippen molar-refractivity contribution in [3.63, 3.8) is 0 Å². The van der Waals surface area contributed by atoms with Crippen molar-refractivity contribution in [1.29, 1.82) is 0 Å². The molecule has 3 N–H and O–H groups in total. The van der Waals surface area contributed by atoms with Gasteiger partial charge in [0.25, 0.3) is 5.91 Å². The van der Waals surface area contributed by atoms with E-state index in [1.54, 1.807) is 43.3 Å². The molecule has 3 aromatic carbocycles. The number of rotatable bonds is 6. The zero-order valence-electron chi connectivity index (χ0n) is 16.3. The van der Waals surface area contributed by atoms with E-state index in [9.17, 15) is 9.59 Å². The molecular weight excluding hydrogens is 366 g/mol. The van der Waals surface area contributed by atoms with E-state index in [0.717, 1.165) is 5.56 Å². The van der Waals surface area contributed by atoms with Crippen LogP contribution in [0.25, 0.3) is 0 Å². The van der Waals surface area contributed by atoms with Crippen LogP contribution in [0.4, 0.5) is 21.9 Å². The number of benzene rings is 3. The van der Waals surface area contributed by atoms with Crippen molar-refractivity contribution in [3.05, 3.63) is 84.4 Å². The zero-order valence-corrected chi connectivity index (χ0v) is 16.3. The molecule has 6 heteroatoms. The van der Waals surface area contributed by atoms with Gasteiger partial charge in [0.1, 0.15) is 5.75 Å². The van der Waals surface area contributed by atoms with E-state index in [-0.39, 0.29) is 11.9 Å². The number of amides is 3. The number of hydrogen-bond acceptors (Lipinski definition) is 3. The number of hydrogen-bond donors (Lipinski definition) is 3. The van der Waals surface area contributed by atoms with Crippen LogP contribution in [0.15, 0.2) is 78.9 Å². The fraction of sp³-hybridized carbons (Fsp3) is 0.130. The average molecular weight is 389 g/mol. The van der Waals surface area contributed by atoms with Gasteiger partial charge < -0.3 is 20.7 Å². The summed E-state index contributed by atoms with van der Waals surface area (Å²) >= 11 is 0. The molecule has 29 heavy (non-hydrogen) atoms. The van der Waals surface area contributed by atoms with Gasteiger partial charge in [-0.3, -0.25) is 4.79 Å². The predicted octanol–water partition coefficient (Wildman–Crippen LogP) is 5.05. The number of aryl methyl sites for hydroxylation is 1. The minimum atomic E-state index is -0.647. The Morgan fingerprint density at radius 2 is 1.34 bits per heavy atom. The van der Waals surface area contributed by atoms with Crippen molar-refractivity contribution >= 4 is 29.0 Å². The van der Waals surface area contributed by atoms with E-state index in [1.807, 2.05) is 49.4 Å². The largest absolute Gasteiger partial charge is 0.481 e. The van der Waals surface area contributed by atoms with E-state index in [0.29, 0.717) is 22.8 Å². The van der Waals surface area contributed by atoms with Crippen LogP contribution in [0.1, 0.15) is 12.5 Å². The van der Waals surface area contributed by atoms with E-state index in [1.165, 1.54) is 0 Å². The number of para-hydroxylation sites is 1. The van der Waals surface area contributed by atoms with Crippen LogP contribution in [0, 0.1) is 6.92 Å². The van der Waals surface area contributed by atoms with E-state index in [4.69, 9.17) is 4.74 Å².